The maximum atomic E-state index is 12.7. The summed E-state index contributed by atoms with van der Waals surface area (Å²) in [6.45, 7) is 10.6. The number of hydrogen-bond donors (Lipinski definition) is 0. The van der Waals surface area contributed by atoms with Gasteiger partial charge in [0.2, 0.25) is 5.91 Å². The van der Waals surface area contributed by atoms with Crippen LogP contribution in [0, 0.1) is 0 Å². The maximum absolute atomic E-state index is 12.7. The van der Waals surface area contributed by atoms with Crippen LogP contribution in [0.1, 0.15) is 50.7 Å². The highest BCUT2D eigenvalue weighted by atomic mass is 19.4. The molecule has 36 heavy (non-hydrogen) atoms. The first kappa shape index (κ1) is 27.8. The predicted octanol–water partition coefficient (Wildman–Crippen LogP) is 5.84. The summed E-state index contributed by atoms with van der Waals surface area (Å²) < 4.78 is 43.9. The van der Waals surface area contributed by atoms with Gasteiger partial charge in [-0.2, -0.15) is 13.2 Å². The Balaban J connectivity index is 1.44. The van der Waals surface area contributed by atoms with Crippen molar-refractivity contribution in [1.29, 1.82) is 0 Å². The predicted molar refractivity (Wildman–Crippen MR) is 137 cm³/mol. The molecular formula is C28H38F3N3O2. The van der Waals surface area contributed by atoms with E-state index in [2.05, 4.69) is 16.7 Å². The molecule has 3 rings (SSSR count). The normalized spacial score (nSPS) is 15.0. The summed E-state index contributed by atoms with van der Waals surface area (Å²) >= 11 is 0. The van der Waals surface area contributed by atoms with Gasteiger partial charge in [0.25, 0.3) is 0 Å². The molecule has 2 aromatic carbocycles. The third-order valence-electron chi connectivity index (χ3n) is 6.64. The van der Waals surface area contributed by atoms with Gasteiger partial charge < -0.3 is 19.4 Å². The minimum absolute atomic E-state index is 0.211. The molecule has 0 N–H and O–H groups in total. The zero-order valence-corrected chi connectivity index (χ0v) is 21.4. The average molecular weight is 506 g/mol. The number of alkyl halides is 3. The minimum Gasteiger partial charge on any atom is -0.489 e. The van der Waals surface area contributed by atoms with Crippen molar-refractivity contribution in [1.82, 2.24) is 9.80 Å². The number of amides is 1. The Morgan fingerprint density at radius 2 is 1.69 bits per heavy atom. The molecule has 5 nitrogen and oxygen atoms in total. The number of benzene rings is 2. The molecule has 0 aliphatic carbocycles. The zero-order valence-electron chi connectivity index (χ0n) is 21.4. The fourth-order valence-corrected chi connectivity index (χ4v) is 4.38. The Kier molecular flexibility index (Phi) is 10.5. The van der Waals surface area contributed by atoms with Crippen molar-refractivity contribution in [3.63, 3.8) is 0 Å². The van der Waals surface area contributed by atoms with Crippen LogP contribution in [-0.4, -0.2) is 61.5 Å². The van der Waals surface area contributed by atoms with Crippen molar-refractivity contribution in [2.75, 3.05) is 50.7 Å². The van der Waals surface area contributed by atoms with E-state index in [1.54, 1.807) is 0 Å². The first-order chi connectivity index (χ1) is 17.3. The molecule has 0 spiro atoms. The Labute approximate surface area is 212 Å². The van der Waals surface area contributed by atoms with Gasteiger partial charge in [-0.05, 0) is 68.3 Å². The van der Waals surface area contributed by atoms with Crippen LogP contribution in [0.3, 0.4) is 0 Å². The largest absolute Gasteiger partial charge is 0.489 e. The fraction of sp³-hybridized carbons (Fsp3) is 0.536. The van der Waals surface area contributed by atoms with Gasteiger partial charge in [0, 0.05) is 51.4 Å². The van der Waals surface area contributed by atoms with E-state index >= 15 is 0 Å². The molecule has 1 aliphatic rings. The van der Waals surface area contributed by atoms with E-state index in [0.29, 0.717) is 17.7 Å². The van der Waals surface area contributed by atoms with E-state index in [1.807, 2.05) is 36.1 Å². The molecule has 198 valence electrons. The maximum Gasteiger partial charge on any atom is 0.416 e. The van der Waals surface area contributed by atoms with Crippen LogP contribution < -0.4 is 9.64 Å². The third-order valence-corrected chi connectivity index (χ3v) is 6.64. The number of anilines is 1. The van der Waals surface area contributed by atoms with Gasteiger partial charge >= 0.3 is 6.18 Å². The summed E-state index contributed by atoms with van der Waals surface area (Å²) in [4.78, 5) is 19.3. The van der Waals surface area contributed by atoms with Gasteiger partial charge in [-0.3, -0.25) is 4.79 Å². The Morgan fingerprint density at radius 3 is 2.33 bits per heavy atom. The molecule has 0 bridgehead atoms. The SMILES string of the molecule is CCCCN(CC)C(=O)CCN1CCCN(c2ccc(OCc3ccc(C(F)(F)F)cc3)cc2)CC1. The van der Waals surface area contributed by atoms with Gasteiger partial charge in [0.15, 0.2) is 0 Å². The van der Waals surface area contributed by atoms with Crippen LogP contribution >= 0.6 is 0 Å². The van der Waals surface area contributed by atoms with Gasteiger partial charge in [0.05, 0.1) is 5.56 Å². The zero-order chi connectivity index (χ0) is 26.0. The third kappa shape index (κ3) is 8.43. The standard InChI is InChI=1S/C28H38F3N3O2/c1-3-5-17-33(4-2)27(35)15-19-32-16-6-18-34(21-20-32)25-11-13-26(14-12-25)36-22-23-7-9-24(10-8-23)28(29,30)31/h7-14H,3-6,15-22H2,1-2H3. The van der Waals surface area contributed by atoms with E-state index in [1.165, 1.54) is 12.1 Å². The van der Waals surface area contributed by atoms with Gasteiger partial charge in [-0.15, -0.1) is 0 Å². The van der Waals surface area contributed by atoms with Gasteiger partial charge in [0.1, 0.15) is 12.4 Å². The second-order valence-corrected chi connectivity index (χ2v) is 9.24. The number of unbranched alkanes of at least 4 members (excludes halogenated alkanes) is 1. The molecule has 1 aliphatic heterocycles. The minimum atomic E-state index is -4.33. The van der Waals surface area contributed by atoms with Crippen molar-refractivity contribution >= 4 is 11.6 Å². The molecule has 1 amide bonds. The molecule has 2 aromatic rings. The van der Waals surface area contributed by atoms with Crippen molar-refractivity contribution in [3.05, 3.63) is 59.7 Å². The number of rotatable bonds is 11. The van der Waals surface area contributed by atoms with Crippen LogP contribution in [0.15, 0.2) is 48.5 Å². The fourth-order valence-electron chi connectivity index (χ4n) is 4.38. The highest BCUT2D eigenvalue weighted by Gasteiger charge is 2.29. The lowest BCUT2D eigenvalue weighted by atomic mass is 10.1. The lowest BCUT2D eigenvalue weighted by Gasteiger charge is -2.25. The summed E-state index contributed by atoms with van der Waals surface area (Å²) in [6, 6.07) is 12.9. The summed E-state index contributed by atoms with van der Waals surface area (Å²) in [5, 5.41) is 0. The summed E-state index contributed by atoms with van der Waals surface area (Å²) in [5.41, 5.74) is 1.14. The number of nitrogens with zero attached hydrogens (tertiary/aromatic N) is 3. The van der Waals surface area contributed by atoms with Crippen molar-refractivity contribution in [2.45, 2.75) is 52.3 Å². The second kappa shape index (κ2) is 13.5. The molecule has 0 aromatic heterocycles. The summed E-state index contributed by atoms with van der Waals surface area (Å²) in [6.07, 6.45) is -0.577. The monoisotopic (exact) mass is 505 g/mol. The van der Waals surface area contributed by atoms with Crippen molar-refractivity contribution < 1.29 is 22.7 Å². The van der Waals surface area contributed by atoms with Crippen LogP contribution in [0.25, 0.3) is 0 Å². The summed E-state index contributed by atoms with van der Waals surface area (Å²) in [7, 11) is 0. The Hall–Kier alpha value is -2.74. The number of carbonyl (C=O) groups excluding carboxylic acids is 1. The number of hydrogen-bond acceptors (Lipinski definition) is 4. The van der Waals surface area contributed by atoms with Crippen LogP contribution in [0.4, 0.5) is 18.9 Å². The molecule has 1 heterocycles. The second-order valence-electron chi connectivity index (χ2n) is 9.24. The molecule has 1 fully saturated rings. The van der Waals surface area contributed by atoms with E-state index in [9.17, 15) is 18.0 Å². The molecule has 8 heteroatoms. The Bertz CT molecular complexity index is 933. The molecule has 0 atom stereocenters. The van der Waals surface area contributed by atoms with Crippen molar-refractivity contribution in [3.8, 4) is 5.75 Å². The molecule has 0 unspecified atom stereocenters. The number of carbonyl (C=O) groups is 1. The average Bonchev–Trinajstić information content (AvgIpc) is 3.12. The van der Waals surface area contributed by atoms with Crippen molar-refractivity contribution in [2.24, 2.45) is 0 Å². The Morgan fingerprint density at radius 1 is 0.972 bits per heavy atom. The first-order valence-corrected chi connectivity index (χ1v) is 12.9. The lowest BCUT2D eigenvalue weighted by Crippen LogP contribution is -2.36. The molecular weight excluding hydrogens is 467 g/mol. The molecule has 1 saturated heterocycles. The molecule has 0 saturated carbocycles. The van der Waals surface area contributed by atoms with E-state index in [0.717, 1.165) is 82.9 Å². The van der Waals surface area contributed by atoms with Crippen LogP contribution in [-0.2, 0) is 17.6 Å². The van der Waals surface area contributed by atoms with Gasteiger partial charge in [-0.25, -0.2) is 0 Å². The summed E-state index contributed by atoms with van der Waals surface area (Å²) in [5.74, 6) is 0.927. The van der Waals surface area contributed by atoms with E-state index < -0.39 is 11.7 Å². The van der Waals surface area contributed by atoms with E-state index in [-0.39, 0.29) is 12.5 Å². The number of ether oxygens (including phenoxy) is 1. The van der Waals surface area contributed by atoms with Crippen LogP contribution in [0.5, 0.6) is 5.75 Å². The molecule has 0 radical (unpaired) electrons. The topological polar surface area (TPSA) is 36.0 Å². The van der Waals surface area contributed by atoms with E-state index in [4.69, 9.17) is 4.74 Å². The smallest absolute Gasteiger partial charge is 0.416 e. The number of halogens is 3. The quantitative estimate of drug-likeness (QED) is 0.385. The van der Waals surface area contributed by atoms with Crippen LogP contribution in [0.2, 0.25) is 0 Å². The van der Waals surface area contributed by atoms with Gasteiger partial charge in [-0.1, -0.05) is 25.5 Å². The lowest BCUT2D eigenvalue weighted by molar-refractivity contribution is -0.137. The first-order valence-electron chi connectivity index (χ1n) is 12.9. The highest BCUT2D eigenvalue weighted by Crippen LogP contribution is 2.29. The highest BCUT2D eigenvalue weighted by molar-refractivity contribution is 5.76.